The van der Waals surface area contributed by atoms with E-state index < -0.39 is 42.6 Å². The van der Waals surface area contributed by atoms with E-state index in [-0.39, 0.29) is 13.0 Å². The molecule has 9 heteroatoms. The molecule has 1 amide bonds. The van der Waals surface area contributed by atoms with Gasteiger partial charge >= 0.3 is 6.18 Å². The van der Waals surface area contributed by atoms with Crippen molar-refractivity contribution in [2.45, 2.75) is 12.6 Å². The highest BCUT2D eigenvalue weighted by Crippen LogP contribution is 2.23. The normalized spacial score (nSPS) is 11.3. The Hall–Kier alpha value is -1.90. The third-order valence-corrected chi connectivity index (χ3v) is 2.32. The molecule has 1 rings (SSSR count). The molecule has 0 aliphatic rings. The van der Waals surface area contributed by atoms with Crippen molar-refractivity contribution in [1.29, 1.82) is 0 Å². The van der Waals surface area contributed by atoms with E-state index in [0.717, 1.165) is 12.1 Å². The molecule has 0 unspecified atom stereocenters. The van der Waals surface area contributed by atoms with Gasteiger partial charge in [0.25, 0.3) is 5.91 Å². The molecule has 0 aliphatic heterocycles. The predicted molar refractivity (Wildman–Crippen MR) is 63.7 cm³/mol. The molecule has 0 saturated heterocycles. The van der Waals surface area contributed by atoms with Gasteiger partial charge in [0.1, 0.15) is 6.54 Å². The summed E-state index contributed by atoms with van der Waals surface area (Å²) in [7, 11) is 0. The van der Waals surface area contributed by atoms with Crippen molar-refractivity contribution in [3.05, 3.63) is 29.3 Å². The van der Waals surface area contributed by atoms with E-state index in [9.17, 15) is 26.7 Å². The molecule has 21 heavy (non-hydrogen) atoms. The van der Waals surface area contributed by atoms with Gasteiger partial charge in [0.15, 0.2) is 24.0 Å². The summed E-state index contributed by atoms with van der Waals surface area (Å²) in [4.78, 5) is 11.1. The van der Waals surface area contributed by atoms with Crippen molar-refractivity contribution in [3.63, 3.8) is 0 Å². The van der Waals surface area contributed by atoms with Gasteiger partial charge < -0.3 is 15.8 Å². The van der Waals surface area contributed by atoms with Crippen LogP contribution in [0.3, 0.4) is 0 Å². The van der Waals surface area contributed by atoms with Crippen LogP contribution in [-0.4, -0.2) is 31.8 Å². The van der Waals surface area contributed by atoms with Crippen LogP contribution < -0.4 is 15.8 Å². The Balaban J connectivity index is 2.61. The topological polar surface area (TPSA) is 64.3 Å². The Bertz CT molecular complexity index is 482. The molecule has 0 bridgehead atoms. The van der Waals surface area contributed by atoms with Gasteiger partial charge in [0.05, 0.1) is 0 Å². The lowest BCUT2D eigenvalue weighted by molar-refractivity contribution is -0.139. The first-order valence-electron chi connectivity index (χ1n) is 5.87. The van der Waals surface area contributed by atoms with Crippen LogP contribution >= 0.6 is 0 Å². The van der Waals surface area contributed by atoms with Crippen molar-refractivity contribution in [2.24, 2.45) is 5.73 Å². The molecule has 0 heterocycles. The third kappa shape index (κ3) is 5.94. The molecule has 3 N–H and O–H groups in total. The summed E-state index contributed by atoms with van der Waals surface area (Å²) in [5, 5.41) is 1.51. The van der Waals surface area contributed by atoms with E-state index in [4.69, 9.17) is 5.73 Å². The molecule has 0 fully saturated rings. The minimum Gasteiger partial charge on any atom is -0.478 e. The Labute approximate surface area is 117 Å². The van der Waals surface area contributed by atoms with E-state index in [1.807, 2.05) is 0 Å². The second-order valence-corrected chi connectivity index (χ2v) is 4.11. The SMILES string of the molecule is NCCc1cc(F)c(OCC(=O)NCC(F)(F)F)c(F)c1. The molecule has 1 aromatic carbocycles. The number of alkyl halides is 3. The lowest BCUT2D eigenvalue weighted by Crippen LogP contribution is -2.36. The second kappa shape index (κ2) is 7.21. The fraction of sp³-hybridized carbons (Fsp3) is 0.417. The number of benzene rings is 1. The number of nitrogens with two attached hydrogens (primary N) is 1. The molecule has 1 aromatic rings. The average Bonchev–Trinajstić information content (AvgIpc) is 2.35. The minimum absolute atomic E-state index is 0.193. The van der Waals surface area contributed by atoms with Crippen molar-refractivity contribution >= 4 is 5.91 Å². The summed E-state index contributed by atoms with van der Waals surface area (Å²) >= 11 is 0. The first kappa shape index (κ1) is 17.2. The summed E-state index contributed by atoms with van der Waals surface area (Å²) in [5.74, 6) is -4.07. The van der Waals surface area contributed by atoms with E-state index >= 15 is 0 Å². The highest BCUT2D eigenvalue weighted by Gasteiger charge is 2.27. The minimum atomic E-state index is -4.57. The molecule has 0 atom stereocenters. The Morgan fingerprint density at radius 3 is 2.29 bits per heavy atom. The zero-order valence-electron chi connectivity index (χ0n) is 10.8. The van der Waals surface area contributed by atoms with Gasteiger partial charge in [-0.25, -0.2) is 8.78 Å². The maximum Gasteiger partial charge on any atom is 0.405 e. The fourth-order valence-corrected chi connectivity index (χ4v) is 1.45. The number of rotatable bonds is 6. The smallest absolute Gasteiger partial charge is 0.405 e. The molecular formula is C12H13F5N2O2. The van der Waals surface area contributed by atoms with Crippen LogP contribution in [0.4, 0.5) is 22.0 Å². The highest BCUT2D eigenvalue weighted by atomic mass is 19.4. The van der Waals surface area contributed by atoms with Gasteiger partial charge in [-0.05, 0) is 30.7 Å². The van der Waals surface area contributed by atoms with E-state index in [1.54, 1.807) is 0 Å². The van der Waals surface area contributed by atoms with Crippen molar-refractivity contribution < 1.29 is 31.5 Å². The molecular weight excluding hydrogens is 299 g/mol. The number of halogens is 5. The van der Waals surface area contributed by atoms with Crippen molar-refractivity contribution in [1.82, 2.24) is 5.32 Å². The van der Waals surface area contributed by atoms with Crippen molar-refractivity contribution in [2.75, 3.05) is 19.7 Å². The van der Waals surface area contributed by atoms with E-state index in [0.29, 0.717) is 5.56 Å². The number of carbonyl (C=O) groups is 1. The summed E-state index contributed by atoms with van der Waals surface area (Å²) in [5.41, 5.74) is 5.55. The zero-order chi connectivity index (χ0) is 16.0. The predicted octanol–water partition coefficient (Wildman–Crippen LogP) is 1.52. The number of nitrogens with one attached hydrogen (secondary N) is 1. The van der Waals surface area contributed by atoms with Gasteiger partial charge in [-0.2, -0.15) is 13.2 Å². The summed E-state index contributed by atoms with van der Waals surface area (Å²) in [6, 6.07) is 1.97. The third-order valence-electron chi connectivity index (χ3n) is 2.32. The number of hydrogen-bond donors (Lipinski definition) is 2. The van der Waals surface area contributed by atoms with Gasteiger partial charge in [-0.1, -0.05) is 0 Å². The van der Waals surface area contributed by atoms with Gasteiger partial charge in [-0.3, -0.25) is 4.79 Å². The van der Waals surface area contributed by atoms with Crippen LogP contribution in [0.2, 0.25) is 0 Å². The monoisotopic (exact) mass is 312 g/mol. The van der Waals surface area contributed by atoms with E-state index in [2.05, 4.69) is 4.74 Å². The summed E-state index contributed by atoms with van der Waals surface area (Å²) in [6.07, 6.45) is -4.32. The lowest BCUT2D eigenvalue weighted by atomic mass is 10.1. The second-order valence-electron chi connectivity index (χ2n) is 4.11. The molecule has 0 aliphatic carbocycles. The lowest BCUT2D eigenvalue weighted by Gasteiger charge is -2.11. The average molecular weight is 312 g/mol. The van der Waals surface area contributed by atoms with Crippen LogP contribution in [0.25, 0.3) is 0 Å². The zero-order valence-corrected chi connectivity index (χ0v) is 10.8. The number of ether oxygens (including phenoxy) is 1. The quantitative estimate of drug-likeness (QED) is 0.783. The van der Waals surface area contributed by atoms with Crippen LogP contribution in [0.5, 0.6) is 5.75 Å². The summed E-state index contributed by atoms with van der Waals surface area (Å²) < 4.78 is 67.2. The van der Waals surface area contributed by atoms with Gasteiger partial charge in [0.2, 0.25) is 0 Å². The standard InChI is InChI=1S/C12H13F5N2O2/c13-8-3-7(1-2-18)4-9(14)11(8)21-5-10(20)19-6-12(15,16)17/h3-4H,1-2,5-6,18H2,(H,19,20). The maximum atomic E-state index is 13.5. The molecule has 0 aromatic heterocycles. The fourth-order valence-electron chi connectivity index (χ4n) is 1.45. The molecule has 0 radical (unpaired) electrons. The maximum absolute atomic E-state index is 13.5. The molecule has 118 valence electrons. The molecule has 4 nitrogen and oxygen atoms in total. The van der Waals surface area contributed by atoms with Crippen LogP contribution in [0.1, 0.15) is 5.56 Å². The largest absolute Gasteiger partial charge is 0.478 e. The van der Waals surface area contributed by atoms with Crippen LogP contribution in [0.15, 0.2) is 12.1 Å². The number of hydrogen-bond acceptors (Lipinski definition) is 3. The van der Waals surface area contributed by atoms with Crippen molar-refractivity contribution in [3.8, 4) is 5.75 Å². The van der Waals surface area contributed by atoms with E-state index in [1.165, 1.54) is 5.32 Å². The summed E-state index contributed by atoms with van der Waals surface area (Å²) in [6.45, 7) is -2.28. The Morgan fingerprint density at radius 1 is 1.24 bits per heavy atom. The van der Waals surface area contributed by atoms with Gasteiger partial charge in [-0.15, -0.1) is 0 Å². The Kier molecular flexibility index (Phi) is 5.89. The van der Waals surface area contributed by atoms with Gasteiger partial charge in [0, 0.05) is 0 Å². The first-order valence-corrected chi connectivity index (χ1v) is 5.87. The highest BCUT2D eigenvalue weighted by molar-refractivity contribution is 5.77. The Morgan fingerprint density at radius 2 is 1.81 bits per heavy atom. The molecule has 0 saturated carbocycles. The van der Waals surface area contributed by atoms with Crippen LogP contribution in [-0.2, 0) is 11.2 Å². The van der Waals surface area contributed by atoms with Crippen LogP contribution in [0, 0.1) is 11.6 Å². The molecule has 0 spiro atoms. The number of amides is 1. The first-order chi connectivity index (χ1) is 9.73. The number of carbonyl (C=O) groups excluding carboxylic acids is 1.